The van der Waals surface area contributed by atoms with Gasteiger partial charge in [0.1, 0.15) is 11.5 Å². The average molecular weight is 468 g/mol. The SMILES string of the molecule is O=C(c1ccncc1C(c1ccc(O)cc1)c1ccc(O)cc1)N1CCN(c2ncccn2)CC1. The monoisotopic (exact) mass is 467 g/mol. The van der Waals surface area contributed by atoms with Gasteiger partial charge in [0.25, 0.3) is 5.91 Å². The van der Waals surface area contributed by atoms with Gasteiger partial charge in [-0.3, -0.25) is 9.78 Å². The molecule has 0 atom stereocenters. The van der Waals surface area contributed by atoms with Crippen LogP contribution >= 0.6 is 0 Å². The van der Waals surface area contributed by atoms with Crippen LogP contribution in [-0.4, -0.2) is 62.2 Å². The number of pyridine rings is 1. The zero-order valence-corrected chi connectivity index (χ0v) is 19.0. The van der Waals surface area contributed by atoms with Crippen molar-refractivity contribution in [1.29, 1.82) is 0 Å². The van der Waals surface area contributed by atoms with Gasteiger partial charge in [0.2, 0.25) is 5.95 Å². The molecule has 2 aromatic heterocycles. The third-order valence-corrected chi connectivity index (χ3v) is 6.25. The van der Waals surface area contributed by atoms with Crippen molar-refractivity contribution in [2.75, 3.05) is 31.1 Å². The standard InChI is InChI=1S/C27H25N5O3/c33-21-6-2-19(3-7-21)25(20-4-8-22(34)9-5-20)24-18-28-13-10-23(24)26(35)31-14-16-32(17-15-31)27-29-11-1-12-30-27/h1-13,18,25,33-34H,14-17H2. The lowest BCUT2D eigenvalue weighted by Gasteiger charge is -2.35. The Labute approximate surface area is 203 Å². The number of phenolic OH excluding ortho intramolecular Hbond substituents is 2. The molecule has 8 heteroatoms. The molecule has 1 aliphatic rings. The van der Waals surface area contributed by atoms with Crippen LogP contribution in [0.25, 0.3) is 0 Å². The van der Waals surface area contributed by atoms with Crippen molar-refractivity contribution >= 4 is 11.9 Å². The van der Waals surface area contributed by atoms with Crippen molar-refractivity contribution in [2.24, 2.45) is 0 Å². The molecule has 5 rings (SSSR count). The van der Waals surface area contributed by atoms with Crippen molar-refractivity contribution in [3.63, 3.8) is 0 Å². The summed E-state index contributed by atoms with van der Waals surface area (Å²) in [7, 11) is 0. The second-order valence-electron chi connectivity index (χ2n) is 8.41. The van der Waals surface area contributed by atoms with E-state index in [1.165, 1.54) is 0 Å². The Hall–Kier alpha value is -4.46. The van der Waals surface area contributed by atoms with Gasteiger partial charge in [-0.25, -0.2) is 9.97 Å². The topological polar surface area (TPSA) is 103 Å². The van der Waals surface area contributed by atoms with Gasteiger partial charge < -0.3 is 20.0 Å². The van der Waals surface area contributed by atoms with Gasteiger partial charge in [0.15, 0.2) is 0 Å². The van der Waals surface area contributed by atoms with Crippen LogP contribution in [0.4, 0.5) is 5.95 Å². The van der Waals surface area contributed by atoms with E-state index in [0.29, 0.717) is 37.7 Å². The molecule has 0 unspecified atom stereocenters. The minimum atomic E-state index is -0.303. The molecule has 3 heterocycles. The number of carbonyl (C=O) groups excluding carboxylic acids is 1. The first-order valence-electron chi connectivity index (χ1n) is 11.4. The number of aromatic hydroxyl groups is 2. The molecule has 0 radical (unpaired) electrons. The molecule has 2 aromatic carbocycles. The highest BCUT2D eigenvalue weighted by Gasteiger charge is 2.28. The Morgan fingerprint density at radius 1 is 0.771 bits per heavy atom. The van der Waals surface area contributed by atoms with Crippen molar-refractivity contribution in [2.45, 2.75) is 5.92 Å². The number of rotatable bonds is 5. The van der Waals surface area contributed by atoms with Crippen LogP contribution in [0.3, 0.4) is 0 Å². The van der Waals surface area contributed by atoms with Gasteiger partial charge in [-0.1, -0.05) is 24.3 Å². The van der Waals surface area contributed by atoms with E-state index in [4.69, 9.17) is 0 Å². The third-order valence-electron chi connectivity index (χ3n) is 6.25. The zero-order chi connectivity index (χ0) is 24.2. The first-order chi connectivity index (χ1) is 17.1. The molecule has 0 aliphatic carbocycles. The highest BCUT2D eigenvalue weighted by Crippen LogP contribution is 2.35. The lowest BCUT2D eigenvalue weighted by Crippen LogP contribution is -2.49. The van der Waals surface area contributed by atoms with E-state index < -0.39 is 0 Å². The number of benzene rings is 2. The predicted octanol–water partition coefficient (Wildman–Crippen LogP) is 3.43. The zero-order valence-electron chi connectivity index (χ0n) is 19.0. The highest BCUT2D eigenvalue weighted by molar-refractivity contribution is 5.96. The van der Waals surface area contributed by atoms with Gasteiger partial charge in [-0.2, -0.15) is 0 Å². The summed E-state index contributed by atoms with van der Waals surface area (Å²) in [4.78, 5) is 30.6. The van der Waals surface area contributed by atoms with E-state index in [-0.39, 0.29) is 23.3 Å². The maximum Gasteiger partial charge on any atom is 0.254 e. The third kappa shape index (κ3) is 4.77. The van der Waals surface area contributed by atoms with Crippen LogP contribution in [0.5, 0.6) is 11.5 Å². The number of amides is 1. The van der Waals surface area contributed by atoms with E-state index in [0.717, 1.165) is 16.7 Å². The predicted molar refractivity (Wildman–Crippen MR) is 132 cm³/mol. The summed E-state index contributed by atoms with van der Waals surface area (Å²) in [6, 6.07) is 17.4. The molecule has 2 N–H and O–H groups in total. The summed E-state index contributed by atoms with van der Waals surface area (Å²) in [6.07, 6.45) is 6.80. The van der Waals surface area contributed by atoms with Crippen molar-refractivity contribution in [3.8, 4) is 11.5 Å². The summed E-state index contributed by atoms with van der Waals surface area (Å²) in [5, 5.41) is 19.6. The van der Waals surface area contributed by atoms with Gasteiger partial charge in [0, 0.05) is 62.4 Å². The number of anilines is 1. The fourth-order valence-electron chi connectivity index (χ4n) is 4.45. The maximum atomic E-state index is 13.7. The van der Waals surface area contributed by atoms with E-state index >= 15 is 0 Å². The van der Waals surface area contributed by atoms with E-state index in [1.807, 2.05) is 29.2 Å². The van der Waals surface area contributed by atoms with Crippen LogP contribution in [0.15, 0.2) is 85.5 Å². The number of nitrogens with zero attached hydrogens (tertiary/aromatic N) is 5. The number of hydrogen-bond donors (Lipinski definition) is 2. The summed E-state index contributed by atoms with van der Waals surface area (Å²) in [5.74, 6) is 0.646. The number of aromatic nitrogens is 3. The van der Waals surface area contributed by atoms with Gasteiger partial charge in [0.05, 0.1) is 0 Å². The molecule has 1 amide bonds. The van der Waals surface area contributed by atoms with Gasteiger partial charge in [-0.05, 0) is 53.1 Å². The molecular formula is C27H25N5O3. The molecule has 8 nitrogen and oxygen atoms in total. The first-order valence-corrected chi connectivity index (χ1v) is 11.4. The quantitative estimate of drug-likeness (QED) is 0.464. The summed E-state index contributed by atoms with van der Waals surface area (Å²) in [6.45, 7) is 2.41. The Kier molecular flexibility index (Phi) is 6.26. The second kappa shape index (κ2) is 9.80. The number of phenols is 2. The molecular weight excluding hydrogens is 442 g/mol. The molecule has 0 bridgehead atoms. The Balaban J connectivity index is 1.46. The van der Waals surface area contributed by atoms with Gasteiger partial charge >= 0.3 is 0 Å². The average Bonchev–Trinajstić information content (AvgIpc) is 2.91. The van der Waals surface area contributed by atoms with E-state index in [2.05, 4.69) is 19.9 Å². The van der Waals surface area contributed by atoms with Crippen molar-refractivity contribution in [1.82, 2.24) is 19.9 Å². The van der Waals surface area contributed by atoms with Gasteiger partial charge in [-0.15, -0.1) is 0 Å². The van der Waals surface area contributed by atoms with E-state index in [1.54, 1.807) is 61.2 Å². The summed E-state index contributed by atoms with van der Waals surface area (Å²) < 4.78 is 0. The van der Waals surface area contributed by atoms with Crippen molar-refractivity contribution < 1.29 is 15.0 Å². The summed E-state index contributed by atoms with van der Waals surface area (Å²) in [5.41, 5.74) is 3.15. The van der Waals surface area contributed by atoms with E-state index in [9.17, 15) is 15.0 Å². The normalized spacial score (nSPS) is 13.7. The fraction of sp³-hybridized carbons (Fsp3) is 0.185. The molecule has 0 spiro atoms. The minimum Gasteiger partial charge on any atom is -0.508 e. The Morgan fingerprint density at radius 2 is 1.34 bits per heavy atom. The molecule has 4 aromatic rings. The Bertz CT molecular complexity index is 1240. The molecule has 35 heavy (non-hydrogen) atoms. The molecule has 1 fully saturated rings. The fourth-order valence-corrected chi connectivity index (χ4v) is 4.45. The molecule has 1 aliphatic heterocycles. The smallest absolute Gasteiger partial charge is 0.254 e. The van der Waals surface area contributed by atoms with Crippen LogP contribution in [0.2, 0.25) is 0 Å². The molecule has 176 valence electrons. The minimum absolute atomic E-state index is 0.0569. The molecule has 0 saturated carbocycles. The Morgan fingerprint density at radius 3 is 1.91 bits per heavy atom. The summed E-state index contributed by atoms with van der Waals surface area (Å²) >= 11 is 0. The lowest BCUT2D eigenvalue weighted by molar-refractivity contribution is 0.0745. The molecule has 1 saturated heterocycles. The maximum absolute atomic E-state index is 13.7. The lowest BCUT2D eigenvalue weighted by atomic mass is 9.83. The van der Waals surface area contributed by atoms with Crippen molar-refractivity contribution in [3.05, 3.63) is 108 Å². The van der Waals surface area contributed by atoms with Crippen LogP contribution < -0.4 is 4.90 Å². The highest BCUT2D eigenvalue weighted by atomic mass is 16.3. The first kappa shape index (κ1) is 22.3. The number of carbonyl (C=O) groups is 1. The second-order valence-corrected chi connectivity index (χ2v) is 8.41. The number of hydrogen-bond acceptors (Lipinski definition) is 7. The largest absolute Gasteiger partial charge is 0.508 e. The van der Waals surface area contributed by atoms with Crippen LogP contribution in [-0.2, 0) is 0 Å². The van der Waals surface area contributed by atoms with Crippen LogP contribution in [0.1, 0.15) is 33.0 Å². The number of piperazine rings is 1. The van der Waals surface area contributed by atoms with Crippen LogP contribution in [0, 0.1) is 0 Å².